The standard InChI is InChI=1S/C25H30FN5O3.ClH/c1-13-21(25(32)31-16-6-8-27-9-7-16)23-24(28-13)22(29-14(2)30-23)17-10-18(26)20(33-3)11-19(17)34-12-15-4-5-15;/h10-11,15-16,27-28H,4-9,12H2,1-3H3,(H,31,32);1H. The average molecular weight is 504 g/mol. The number of benzene rings is 1. The Labute approximate surface area is 209 Å². The number of hydrogen-bond acceptors (Lipinski definition) is 6. The minimum atomic E-state index is -0.507. The van der Waals surface area contributed by atoms with Gasteiger partial charge in [-0.1, -0.05) is 0 Å². The molecule has 1 saturated carbocycles. The summed E-state index contributed by atoms with van der Waals surface area (Å²) in [5, 5.41) is 6.45. The van der Waals surface area contributed by atoms with Gasteiger partial charge in [0, 0.05) is 23.4 Å². The molecule has 0 atom stereocenters. The number of nitrogens with zero attached hydrogens (tertiary/aromatic N) is 2. The fourth-order valence-corrected chi connectivity index (χ4v) is 4.48. The van der Waals surface area contributed by atoms with Crippen molar-refractivity contribution in [3.05, 3.63) is 35.0 Å². The summed E-state index contributed by atoms with van der Waals surface area (Å²) in [5.74, 6) is 0.952. The number of rotatable bonds is 7. The number of nitrogens with one attached hydrogen (secondary N) is 3. The Morgan fingerprint density at radius 2 is 1.89 bits per heavy atom. The molecule has 0 spiro atoms. The van der Waals surface area contributed by atoms with E-state index in [9.17, 15) is 9.18 Å². The zero-order chi connectivity index (χ0) is 23.8. The number of methoxy groups -OCH3 is 1. The van der Waals surface area contributed by atoms with Crippen molar-refractivity contribution in [3.8, 4) is 22.8 Å². The molecule has 1 aliphatic carbocycles. The van der Waals surface area contributed by atoms with E-state index in [0.29, 0.717) is 57.6 Å². The van der Waals surface area contributed by atoms with E-state index in [1.54, 1.807) is 13.0 Å². The molecule has 3 aromatic rings. The number of carbonyl (C=O) groups is 1. The van der Waals surface area contributed by atoms with Gasteiger partial charge in [-0.15, -0.1) is 12.4 Å². The van der Waals surface area contributed by atoms with Gasteiger partial charge in [-0.3, -0.25) is 4.79 Å². The number of aromatic amines is 1. The minimum Gasteiger partial charge on any atom is -0.494 e. The van der Waals surface area contributed by atoms with Crippen LogP contribution >= 0.6 is 12.4 Å². The highest BCUT2D eigenvalue weighted by atomic mass is 35.5. The first kappa shape index (κ1) is 25.2. The SMILES string of the molecule is COc1cc(OCC2CC2)c(-c2nc(C)nc3c(C(=O)NC4CCNCC4)c(C)[nH]c23)cc1F.Cl. The number of H-pyrrole nitrogens is 1. The van der Waals surface area contributed by atoms with Crippen LogP contribution in [0.3, 0.4) is 0 Å². The maximum Gasteiger partial charge on any atom is 0.255 e. The first-order valence-electron chi connectivity index (χ1n) is 11.8. The van der Waals surface area contributed by atoms with Crippen molar-refractivity contribution in [2.75, 3.05) is 26.8 Å². The number of carbonyl (C=O) groups excluding carboxylic acids is 1. The number of ether oxygens (including phenoxy) is 2. The molecule has 10 heteroatoms. The monoisotopic (exact) mass is 503 g/mol. The third-order valence-electron chi connectivity index (χ3n) is 6.53. The van der Waals surface area contributed by atoms with Crippen molar-refractivity contribution in [1.82, 2.24) is 25.6 Å². The molecule has 3 N–H and O–H groups in total. The molecule has 1 amide bonds. The van der Waals surface area contributed by atoms with E-state index >= 15 is 0 Å². The van der Waals surface area contributed by atoms with Gasteiger partial charge in [-0.2, -0.15) is 0 Å². The van der Waals surface area contributed by atoms with Crippen molar-refractivity contribution >= 4 is 29.3 Å². The molecule has 5 rings (SSSR count). The fraction of sp³-hybridized carbons (Fsp3) is 0.480. The molecule has 2 fully saturated rings. The maximum absolute atomic E-state index is 14.8. The van der Waals surface area contributed by atoms with Crippen LogP contribution in [0.4, 0.5) is 4.39 Å². The second-order valence-electron chi connectivity index (χ2n) is 9.20. The molecular formula is C25H31ClFN5O3. The lowest BCUT2D eigenvalue weighted by Gasteiger charge is -2.23. The summed E-state index contributed by atoms with van der Waals surface area (Å²) < 4.78 is 26.1. The van der Waals surface area contributed by atoms with Gasteiger partial charge in [0.05, 0.1) is 24.8 Å². The average Bonchev–Trinajstić information content (AvgIpc) is 3.59. The summed E-state index contributed by atoms with van der Waals surface area (Å²) in [6, 6.07) is 3.07. The van der Waals surface area contributed by atoms with Gasteiger partial charge in [0.1, 0.15) is 22.8 Å². The number of hydrogen-bond donors (Lipinski definition) is 3. The zero-order valence-corrected chi connectivity index (χ0v) is 21.0. The largest absolute Gasteiger partial charge is 0.494 e. The van der Waals surface area contributed by atoms with E-state index in [4.69, 9.17) is 9.47 Å². The van der Waals surface area contributed by atoms with Gasteiger partial charge in [0.15, 0.2) is 11.6 Å². The van der Waals surface area contributed by atoms with E-state index in [0.717, 1.165) is 38.8 Å². The fourth-order valence-electron chi connectivity index (χ4n) is 4.48. The Kier molecular flexibility index (Phi) is 7.47. The molecular weight excluding hydrogens is 473 g/mol. The number of aromatic nitrogens is 3. The van der Waals surface area contributed by atoms with Crippen molar-refractivity contribution in [2.24, 2.45) is 5.92 Å². The van der Waals surface area contributed by atoms with Gasteiger partial charge < -0.3 is 25.1 Å². The zero-order valence-electron chi connectivity index (χ0n) is 20.2. The van der Waals surface area contributed by atoms with Crippen LogP contribution in [0, 0.1) is 25.6 Å². The lowest BCUT2D eigenvalue weighted by atomic mass is 10.1. The number of fused-ring (bicyclic) bond motifs is 1. The van der Waals surface area contributed by atoms with Crippen LogP contribution in [0.5, 0.6) is 11.5 Å². The second-order valence-corrected chi connectivity index (χ2v) is 9.20. The Hall–Kier alpha value is -2.91. The van der Waals surface area contributed by atoms with Gasteiger partial charge >= 0.3 is 0 Å². The highest BCUT2D eigenvalue weighted by Crippen LogP contribution is 2.39. The van der Waals surface area contributed by atoms with E-state index in [2.05, 4.69) is 25.6 Å². The van der Waals surface area contributed by atoms with Crippen LogP contribution < -0.4 is 20.1 Å². The van der Waals surface area contributed by atoms with Gasteiger partial charge in [0.2, 0.25) is 0 Å². The summed E-state index contributed by atoms with van der Waals surface area (Å²) >= 11 is 0. The Bertz CT molecular complexity index is 1240. The Morgan fingerprint density at radius 1 is 1.14 bits per heavy atom. The quantitative estimate of drug-likeness (QED) is 0.449. The molecule has 35 heavy (non-hydrogen) atoms. The van der Waals surface area contributed by atoms with Gasteiger partial charge in [-0.25, -0.2) is 14.4 Å². The molecule has 2 aromatic heterocycles. The van der Waals surface area contributed by atoms with E-state index in [1.807, 2.05) is 6.92 Å². The summed E-state index contributed by atoms with van der Waals surface area (Å²) in [5.41, 5.74) is 3.29. The normalized spacial score (nSPS) is 16.1. The van der Waals surface area contributed by atoms with Crippen molar-refractivity contribution < 1.29 is 18.7 Å². The van der Waals surface area contributed by atoms with Crippen molar-refractivity contribution in [2.45, 2.75) is 45.6 Å². The predicted octanol–water partition coefficient (Wildman–Crippen LogP) is 4.08. The third kappa shape index (κ3) is 5.21. The Balaban J connectivity index is 0.00000289. The molecule has 3 heterocycles. The minimum absolute atomic E-state index is 0. The summed E-state index contributed by atoms with van der Waals surface area (Å²) in [7, 11) is 1.43. The lowest BCUT2D eigenvalue weighted by Crippen LogP contribution is -2.42. The van der Waals surface area contributed by atoms with Crippen LogP contribution in [0.1, 0.15) is 47.6 Å². The molecule has 1 aliphatic heterocycles. The first-order valence-corrected chi connectivity index (χ1v) is 11.8. The number of aryl methyl sites for hydroxylation is 2. The van der Waals surface area contributed by atoms with Gasteiger partial charge in [-0.05, 0) is 64.6 Å². The third-order valence-corrected chi connectivity index (χ3v) is 6.53. The van der Waals surface area contributed by atoms with E-state index < -0.39 is 5.82 Å². The van der Waals surface area contributed by atoms with Crippen LogP contribution in [0.2, 0.25) is 0 Å². The van der Waals surface area contributed by atoms with Crippen LogP contribution in [0.15, 0.2) is 12.1 Å². The summed E-state index contributed by atoms with van der Waals surface area (Å²) in [4.78, 5) is 25.8. The predicted molar refractivity (Wildman–Crippen MR) is 134 cm³/mol. The molecule has 8 nitrogen and oxygen atoms in total. The molecule has 0 unspecified atom stereocenters. The molecule has 2 aliphatic rings. The van der Waals surface area contributed by atoms with Gasteiger partial charge in [0.25, 0.3) is 5.91 Å². The Morgan fingerprint density at radius 3 is 2.57 bits per heavy atom. The molecule has 1 saturated heterocycles. The first-order chi connectivity index (χ1) is 16.4. The summed E-state index contributed by atoms with van der Waals surface area (Å²) in [6.45, 7) is 5.94. The molecule has 0 radical (unpaired) electrons. The number of halogens is 2. The molecule has 1 aromatic carbocycles. The van der Waals surface area contributed by atoms with Crippen molar-refractivity contribution in [1.29, 1.82) is 0 Å². The molecule has 188 valence electrons. The summed E-state index contributed by atoms with van der Waals surface area (Å²) in [6.07, 6.45) is 4.05. The lowest BCUT2D eigenvalue weighted by molar-refractivity contribution is 0.0930. The highest BCUT2D eigenvalue weighted by Gasteiger charge is 2.27. The molecule has 0 bridgehead atoms. The van der Waals surface area contributed by atoms with E-state index in [1.165, 1.54) is 13.2 Å². The van der Waals surface area contributed by atoms with Crippen molar-refractivity contribution in [3.63, 3.8) is 0 Å². The smallest absolute Gasteiger partial charge is 0.255 e. The number of piperidine rings is 1. The maximum atomic E-state index is 14.8. The number of amides is 1. The van der Waals surface area contributed by atoms with Crippen LogP contribution in [-0.4, -0.2) is 53.7 Å². The highest BCUT2D eigenvalue weighted by molar-refractivity contribution is 6.09. The van der Waals surface area contributed by atoms with Crippen LogP contribution in [-0.2, 0) is 0 Å². The second kappa shape index (κ2) is 10.4. The van der Waals surface area contributed by atoms with E-state index in [-0.39, 0.29) is 30.1 Å². The van der Waals surface area contributed by atoms with Crippen LogP contribution in [0.25, 0.3) is 22.3 Å². The topological polar surface area (TPSA) is 101 Å².